The number of benzene rings is 2. The molecule has 4 rings (SSSR count). The summed E-state index contributed by atoms with van der Waals surface area (Å²) >= 11 is 1.93. The number of amides is 1. The lowest BCUT2D eigenvalue weighted by Crippen LogP contribution is -2.24. The number of hydrogen-bond acceptors (Lipinski definition) is 5. The molecule has 0 saturated carbocycles. The van der Waals surface area contributed by atoms with E-state index in [1.54, 1.807) is 12.1 Å². The van der Waals surface area contributed by atoms with Crippen molar-refractivity contribution in [3.05, 3.63) is 88.3 Å². The van der Waals surface area contributed by atoms with E-state index in [9.17, 15) is 9.59 Å². The molecule has 2 aromatic carbocycles. The standard InChI is InChI=1S/C23H23N3O3S/c27-22-10-9-21(25-26(22)19-7-2-1-3-8-19)23(28)24-18-6-4-5-17(15-18)16-30-20-11-13-29-14-12-20/h1-10,15,20H,11-14,16H2,(H,24,28). The van der Waals surface area contributed by atoms with Crippen LogP contribution in [0.4, 0.5) is 5.69 Å². The van der Waals surface area contributed by atoms with E-state index in [-0.39, 0.29) is 17.2 Å². The minimum atomic E-state index is -0.353. The van der Waals surface area contributed by atoms with Crippen molar-refractivity contribution < 1.29 is 9.53 Å². The minimum absolute atomic E-state index is 0.181. The maximum Gasteiger partial charge on any atom is 0.276 e. The second-order valence-corrected chi connectivity index (χ2v) is 8.37. The van der Waals surface area contributed by atoms with Crippen LogP contribution in [0.2, 0.25) is 0 Å². The van der Waals surface area contributed by atoms with Crippen LogP contribution < -0.4 is 10.9 Å². The summed E-state index contributed by atoms with van der Waals surface area (Å²) in [5.41, 5.74) is 2.38. The Balaban J connectivity index is 1.44. The number of para-hydroxylation sites is 1. The molecule has 1 saturated heterocycles. The van der Waals surface area contributed by atoms with Crippen LogP contribution in [0.1, 0.15) is 28.9 Å². The third kappa shape index (κ3) is 5.17. The maximum atomic E-state index is 12.7. The molecule has 1 aliphatic rings. The molecule has 3 aromatic rings. The molecule has 1 N–H and O–H groups in total. The van der Waals surface area contributed by atoms with Gasteiger partial charge in [0.1, 0.15) is 5.69 Å². The molecule has 6 nitrogen and oxygen atoms in total. The second kappa shape index (κ2) is 9.73. The zero-order chi connectivity index (χ0) is 20.8. The summed E-state index contributed by atoms with van der Waals surface area (Å²) in [6.45, 7) is 1.68. The van der Waals surface area contributed by atoms with E-state index < -0.39 is 0 Å². The lowest BCUT2D eigenvalue weighted by atomic mass is 10.2. The van der Waals surface area contributed by atoms with Gasteiger partial charge >= 0.3 is 0 Å². The number of nitrogens with zero attached hydrogens (tertiary/aromatic N) is 2. The fraction of sp³-hybridized carbons (Fsp3) is 0.261. The van der Waals surface area contributed by atoms with Crippen LogP contribution in [-0.2, 0) is 10.5 Å². The van der Waals surface area contributed by atoms with Crippen molar-refractivity contribution in [1.29, 1.82) is 0 Å². The van der Waals surface area contributed by atoms with Gasteiger partial charge in [-0.1, -0.05) is 30.3 Å². The molecular formula is C23H23N3O3S. The molecule has 0 bridgehead atoms. The summed E-state index contributed by atoms with van der Waals surface area (Å²) in [5.74, 6) is 0.542. The van der Waals surface area contributed by atoms with Crippen LogP contribution in [0.3, 0.4) is 0 Å². The van der Waals surface area contributed by atoms with Gasteiger partial charge < -0.3 is 10.1 Å². The number of carbonyl (C=O) groups is 1. The summed E-state index contributed by atoms with van der Waals surface area (Å²) in [5, 5.41) is 7.75. The number of ether oxygens (including phenoxy) is 1. The zero-order valence-electron chi connectivity index (χ0n) is 16.5. The number of nitrogens with one attached hydrogen (secondary N) is 1. The maximum absolute atomic E-state index is 12.7. The minimum Gasteiger partial charge on any atom is -0.381 e. The number of thioether (sulfide) groups is 1. The molecule has 0 radical (unpaired) electrons. The second-order valence-electron chi connectivity index (χ2n) is 7.08. The van der Waals surface area contributed by atoms with E-state index in [4.69, 9.17) is 4.74 Å². The van der Waals surface area contributed by atoms with E-state index in [1.165, 1.54) is 16.8 Å². The number of aromatic nitrogens is 2. The monoisotopic (exact) mass is 421 g/mol. The van der Waals surface area contributed by atoms with E-state index >= 15 is 0 Å². The molecule has 1 fully saturated rings. The number of hydrogen-bond donors (Lipinski definition) is 1. The Bertz CT molecular complexity index is 1060. The zero-order valence-corrected chi connectivity index (χ0v) is 17.3. The summed E-state index contributed by atoms with van der Waals surface area (Å²) in [6.07, 6.45) is 2.17. The van der Waals surface area contributed by atoms with Crippen molar-refractivity contribution in [3.8, 4) is 5.69 Å². The van der Waals surface area contributed by atoms with Crippen molar-refractivity contribution in [2.75, 3.05) is 18.5 Å². The SMILES string of the molecule is O=C(Nc1cccc(CSC2CCOCC2)c1)c1ccc(=O)n(-c2ccccc2)n1. The smallest absolute Gasteiger partial charge is 0.276 e. The summed E-state index contributed by atoms with van der Waals surface area (Å²) < 4.78 is 6.64. The van der Waals surface area contributed by atoms with Gasteiger partial charge in [-0.3, -0.25) is 9.59 Å². The van der Waals surface area contributed by atoms with Gasteiger partial charge in [0.15, 0.2) is 0 Å². The van der Waals surface area contributed by atoms with Crippen LogP contribution in [-0.4, -0.2) is 34.2 Å². The first-order chi connectivity index (χ1) is 14.7. The Morgan fingerprint density at radius 1 is 1.07 bits per heavy atom. The molecule has 0 unspecified atom stereocenters. The Morgan fingerprint density at radius 3 is 2.67 bits per heavy atom. The first-order valence-electron chi connectivity index (χ1n) is 9.94. The van der Waals surface area contributed by atoms with Crippen LogP contribution in [0.5, 0.6) is 0 Å². The highest BCUT2D eigenvalue weighted by Crippen LogP contribution is 2.26. The van der Waals surface area contributed by atoms with Crippen molar-refractivity contribution >= 4 is 23.4 Å². The first-order valence-corrected chi connectivity index (χ1v) is 11.0. The largest absolute Gasteiger partial charge is 0.381 e. The average Bonchev–Trinajstić information content (AvgIpc) is 2.79. The van der Waals surface area contributed by atoms with Crippen LogP contribution in [0.25, 0.3) is 5.69 Å². The molecule has 0 atom stereocenters. The third-order valence-corrected chi connectivity index (χ3v) is 6.32. The first kappa shape index (κ1) is 20.4. The lowest BCUT2D eigenvalue weighted by Gasteiger charge is -2.21. The predicted octanol–water partition coefficient (Wildman–Crippen LogP) is 3.90. The van der Waals surface area contributed by atoms with Gasteiger partial charge in [-0.2, -0.15) is 21.5 Å². The van der Waals surface area contributed by atoms with E-state index in [0.717, 1.165) is 37.4 Å². The third-order valence-electron chi connectivity index (χ3n) is 4.87. The summed E-state index contributed by atoms with van der Waals surface area (Å²) in [7, 11) is 0. The molecule has 154 valence electrons. The Labute approximate surface area is 179 Å². The Morgan fingerprint density at radius 2 is 1.87 bits per heavy atom. The van der Waals surface area contributed by atoms with E-state index in [1.807, 2.05) is 48.2 Å². The van der Waals surface area contributed by atoms with Crippen molar-refractivity contribution in [1.82, 2.24) is 9.78 Å². The van der Waals surface area contributed by atoms with Gasteiger partial charge in [-0.25, -0.2) is 0 Å². The molecule has 1 amide bonds. The molecule has 2 heterocycles. The van der Waals surface area contributed by atoms with Gasteiger partial charge in [0.25, 0.3) is 11.5 Å². The fourth-order valence-electron chi connectivity index (χ4n) is 3.28. The van der Waals surface area contributed by atoms with Gasteiger partial charge in [0.05, 0.1) is 5.69 Å². The van der Waals surface area contributed by atoms with Crippen molar-refractivity contribution in [2.45, 2.75) is 23.8 Å². The Hall–Kier alpha value is -2.90. The summed E-state index contributed by atoms with van der Waals surface area (Å²) in [6, 6.07) is 19.7. The highest BCUT2D eigenvalue weighted by Gasteiger charge is 2.15. The average molecular weight is 422 g/mol. The van der Waals surface area contributed by atoms with Crippen LogP contribution >= 0.6 is 11.8 Å². The van der Waals surface area contributed by atoms with E-state index in [2.05, 4.69) is 16.5 Å². The number of rotatable bonds is 6. The van der Waals surface area contributed by atoms with Crippen molar-refractivity contribution in [3.63, 3.8) is 0 Å². The van der Waals surface area contributed by atoms with E-state index in [0.29, 0.717) is 16.6 Å². The highest BCUT2D eigenvalue weighted by molar-refractivity contribution is 7.99. The van der Waals surface area contributed by atoms with Gasteiger partial charge in [0.2, 0.25) is 0 Å². The number of carbonyl (C=O) groups excluding carboxylic acids is 1. The highest BCUT2D eigenvalue weighted by atomic mass is 32.2. The number of anilines is 1. The lowest BCUT2D eigenvalue weighted by molar-refractivity contribution is 0.0999. The normalized spacial score (nSPS) is 14.4. The molecule has 30 heavy (non-hydrogen) atoms. The van der Waals surface area contributed by atoms with Crippen LogP contribution in [0, 0.1) is 0 Å². The summed E-state index contributed by atoms with van der Waals surface area (Å²) in [4.78, 5) is 24.9. The topological polar surface area (TPSA) is 73.2 Å². The van der Waals surface area contributed by atoms with Gasteiger partial charge in [-0.15, -0.1) is 0 Å². The fourth-order valence-corrected chi connectivity index (χ4v) is 4.41. The quantitative estimate of drug-likeness (QED) is 0.654. The molecule has 1 aromatic heterocycles. The van der Waals surface area contributed by atoms with Gasteiger partial charge in [-0.05, 0) is 48.7 Å². The molecular weight excluding hydrogens is 398 g/mol. The molecule has 1 aliphatic heterocycles. The predicted molar refractivity (Wildman–Crippen MR) is 119 cm³/mol. The van der Waals surface area contributed by atoms with Crippen LogP contribution in [0.15, 0.2) is 71.5 Å². The Kier molecular flexibility index (Phi) is 6.61. The molecule has 0 aliphatic carbocycles. The van der Waals surface area contributed by atoms with Gasteiger partial charge in [0, 0.05) is 36.0 Å². The van der Waals surface area contributed by atoms with Crippen molar-refractivity contribution in [2.24, 2.45) is 0 Å². The molecule has 0 spiro atoms. The molecule has 7 heteroatoms.